The van der Waals surface area contributed by atoms with Crippen LogP contribution in [-0.2, 0) is 17.4 Å². The molecule has 6 nitrogen and oxygen atoms in total. The number of halogens is 5. The maximum absolute atomic E-state index is 13.5. The van der Waals surface area contributed by atoms with Crippen molar-refractivity contribution in [1.82, 2.24) is 9.97 Å². The van der Waals surface area contributed by atoms with Crippen LogP contribution in [0.25, 0.3) is 10.9 Å². The van der Waals surface area contributed by atoms with Crippen LogP contribution >= 0.6 is 0 Å². The van der Waals surface area contributed by atoms with Crippen LogP contribution in [-0.4, -0.2) is 22.5 Å². The summed E-state index contributed by atoms with van der Waals surface area (Å²) in [4.78, 5) is 22.2. The van der Waals surface area contributed by atoms with Gasteiger partial charge in [0.05, 0.1) is 23.2 Å². The number of nitriles is 1. The molecular formula is C25H15F5N4O2. The highest BCUT2D eigenvalue weighted by Gasteiger charge is 2.33. The minimum absolute atomic E-state index is 0.0293. The molecule has 0 saturated carbocycles. The second-order valence-electron chi connectivity index (χ2n) is 7.51. The van der Waals surface area contributed by atoms with E-state index >= 15 is 0 Å². The molecule has 0 aliphatic heterocycles. The summed E-state index contributed by atoms with van der Waals surface area (Å²) in [5.41, 5.74) is -0.727. The van der Waals surface area contributed by atoms with Crippen molar-refractivity contribution in [3.05, 3.63) is 89.9 Å². The van der Waals surface area contributed by atoms with Gasteiger partial charge in [-0.25, -0.2) is 4.98 Å². The summed E-state index contributed by atoms with van der Waals surface area (Å²) in [6.45, 7) is -3.09. The number of rotatable bonds is 6. The fourth-order valence-corrected chi connectivity index (χ4v) is 3.55. The summed E-state index contributed by atoms with van der Waals surface area (Å²) in [6.07, 6.45) is -2.92. The van der Waals surface area contributed by atoms with Crippen molar-refractivity contribution < 1.29 is 31.5 Å². The Labute approximate surface area is 201 Å². The van der Waals surface area contributed by atoms with Crippen molar-refractivity contribution in [2.24, 2.45) is 0 Å². The minimum atomic E-state index is -4.79. The molecule has 4 aromatic rings. The van der Waals surface area contributed by atoms with Crippen LogP contribution in [0.4, 0.5) is 33.3 Å². The van der Waals surface area contributed by atoms with Gasteiger partial charge in [0.2, 0.25) is 5.91 Å². The van der Waals surface area contributed by atoms with E-state index < -0.39 is 35.6 Å². The van der Waals surface area contributed by atoms with Gasteiger partial charge in [-0.2, -0.15) is 27.2 Å². The fourth-order valence-electron chi connectivity index (χ4n) is 3.55. The van der Waals surface area contributed by atoms with Gasteiger partial charge in [-0.3, -0.25) is 14.7 Å². The Bertz CT molecular complexity index is 1450. The normalized spacial score (nSPS) is 11.4. The molecule has 0 fully saturated rings. The lowest BCUT2D eigenvalue weighted by atomic mass is 10.1. The SMILES string of the molecule is N#Cc1ncc(C(F)(F)F)cc1N(C(=O)Cc1ccc2ncccc2c1)c1ccc(OC(F)F)cc1. The standard InChI is InChI=1S/C25H15F5N4O2/c26-24(27)36-19-6-4-18(5-7-19)34(22-12-17(25(28,29)30)14-33-21(22)13-31)23(35)11-15-3-8-20-16(10-15)2-1-9-32-20/h1-10,12,14,24H,11H2. The second-order valence-corrected chi connectivity index (χ2v) is 7.51. The summed E-state index contributed by atoms with van der Waals surface area (Å²) in [7, 11) is 0. The summed E-state index contributed by atoms with van der Waals surface area (Å²) >= 11 is 0. The van der Waals surface area contributed by atoms with Gasteiger partial charge in [-0.15, -0.1) is 0 Å². The van der Waals surface area contributed by atoms with Gasteiger partial charge in [-0.1, -0.05) is 12.1 Å². The Morgan fingerprint density at radius 3 is 2.47 bits per heavy atom. The molecule has 0 radical (unpaired) electrons. The molecule has 0 aliphatic rings. The van der Waals surface area contributed by atoms with Crippen LogP contribution in [0.3, 0.4) is 0 Å². The number of hydrogen-bond acceptors (Lipinski definition) is 5. The van der Waals surface area contributed by atoms with Gasteiger partial charge in [0.25, 0.3) is 0 Å². The Morgan fingerprint density at radius 1 is 1.06 bits per heavy atom. The third kappa shape index (κ3) is 5.38. The lowest BCUT2D eigenvalue weighted by Crippen LogP contribution is -2.29. The number of alkyl halides is 5. The van der Waals surface area contributed by atoms with E-state index in [2.05, 4.69) is 14.7 Å². The number of carbonyl (C=O) groups is 1. The van der Waals surface area contributed by atoms with Gasteiger partial charge < -0.3 is 4.74 Å². The Morgan fingerprint density at radius 2 is 1.81 bits per heavy atom. The monoisotopic (exact) mass is 498 g/mol. The largest absolute Gasteiger partial charge is 0.435 e. The molecule has 2 aromatic carbocycles. The van der Waals surface area contributed by atoms with E-state index in [4.69, 9.17) is 0 Å². The van der Waals surface area contributed by atoms with Gasteiger partial charge in [0.15, 0.2) is 5.69 Å². The Hall–Kier alpha value is -4.59. The van der Waals surface area contributed by atoms with Crippen molar-refractivity contribution >= 4 is 28.2 Å². The van der Waals surface area contributed by atoms with Crippen molar-refractivity contribution in [1.29, 1.82) is 5.26 Å². The van der Waals surface area contributed by atoms with Gasteiger partial charge >= 0.3 is 12.8 Å². The smallest absolute Gasteiger partial charge is 0.417 e. The van der Waals surface area contributed by atoms with Crippen LogP contribution in [0, 0.1) is 11.3 Å². The third-order valence-corrected chi connectivity index (χ3v) is 5.13. The number of carbonyl (C=O) groups excluding carboxylic acids is 1. The van der Waals surface area contributed by atoms with Crippen LogP contribution in [0.5, 0.6) is 5.75 Å². The number of hydrogen-bond donors (Lipinski definition) is 0. The molecule has 0 N–H and O–H groups in total. The zero-order chi connectivity index (χ0) is 25.9. The summed E-state index contributed by atoms with van der Waals surface area (Å²) in [5, 5.41) is 10.3. The Kier molecular flexibility index (Phi) is 6.78. The number of anilines is 2. The molecule has 11 heteroatoms. The van der Waals surface area contributed by atoms with Crippen molar-refractivity contribution in [2.75, 3.05) is 4.90 Å². The van der Waals surface area contributed by atoms with Crippen LogP contribution < -0.4 is 9.64 Å². The minimum Gasteiger partial charge on any atom is -0.435 e. The molecule has 0 aliphatic carbocycles. The molecule has 0 bridgehead atoms. The first-order valence-corrected chi connectivity index (χ1v) is 10.3. The third-order valence-electron chi connectivity index (χ3n) is 5.13. The number of pyridine rings is 2. The topological polar surface area (TPSA) is 79.1 Å². The Balaban J connectivity index is 1.79. The van der Waals surface area contributed by atoms with E-state index in [1.54, 1.807) is 42.6 Å². The van der Waals surface area contributed by atoms with E-state index in [0.717, 1.165) is 22.4 Å². The fraction of sp³-hybridized carbons (Fsp3) is 0.120. The van der Waals surface area contributed by atoms with E-state index in [-0.39, 0.29) is 17.9 Å². The number of ether oxygens (including phenoxy) is 1. The van der Waals surface area contributed by atoms with Crippen molar-refractivity contribution in [3.63, 3.8) is 0 Å². The molecule has 0 atom stereocenters. The van der Waals surface area contributed by atoms with Crippen LogP contribution in [0.1, 0.15) is 16.8 Å². The predicted octanol–water partition coefficient (Wildman–Crippen LogP) is 6.03. The zero-order valence-electron chi connectivity index (χ0n) is 18.2. The van der Waals surface area contributed by atoms with Crippen LogP contribution in [0.2, 0.25) is 0 Å². The maximum atomic E-state index is 13.5. The lowest BCUT2D eigenvalue weighted by Gasteiger charge is -2.25. The number of fused-ring (bicyclic) bond motifs is 1. The number of nitrogens with zero attached hydrogens (tertiary/aromatic N) is 4. The van der Waals surface area contributed by atoms with Crippen molar-refractivity contribution in [2.45, 2.75) is 19.2 Å². The summed E-state index contributed by atoms with van der Waals surface area (Å²) < 4.78 is 69.6. The molecule has 2 aromatic heterocycles. The molecule has 4 rings (SSSR count). The second kappa shape index (κ2) is 9.95. The lowest BCUT2D eigenvalue weighted by molar-refractivity contribution is -0.137. The molecule has 1 amide bonds. The molecule has 0 saturated heterocycles. The molecule has 36 heavy (non-hydrogen) atoms. The highest BCUT2D eigenvalue weighted by molar-refractivity contribution is 6.02. The van der Waals surface area contributed by atoms with E-state index in [1.165, 1.54) is 12.1 Å². The van der Waals surface area contributed by atoms with Crippen molar-refractivity contribution in [3.8, 4) is 11.8 Å². The van der Waals surface area contributed by atoms with Gasteiger partial charge in [-0.05, 0) is 54.1 Å². The van der Waals surface area contributed by atoms with E-state index in [0.29, 0.717) is 23.3 Å². The molecule has 0 spiro atoms. The highest BCUT2D eigenvalue weighted by Crippen LogP contribution is 2.36. The summed E-state index contributed by atoms with van der Waals surface area (Å²) in [5.74, 6) is -0.899. The number of aromatic nitrogens is 2. The van der Waals surface area contributed by atoms with Crippen LogP contribution in [0.15, 0.2) is 73.1 Å². The van der Waals surface area contributed by atoms with E-state index in [1.807, 2.05) is 0 Å². The molecular weight excluding hydrogens is 483 g/mol. The number of benzene rings is 2. The predicted molar refractivity (Wildman–Crippen MR) is 120 cm³/mol. The number of amides is 1. The van der Waals surface area contributed by atoms with Gasteiger partial charge in [0.1, 0.15) is 11.8 Å². The summed E-state index contributed by atoms with van der Waals surface area (Å²) in [6, 6.07) is 15.6. The molecule has 2 heterocycles. The first-order chi connectivity index (χ1) is 17.2. The molecule has 182 valence electrons. The first kappa shape index (κ1) is 24.5. The van der Waals surface area contributed by atoms with E-state index in [9.17, 15) is 32.0 Å². The average Bonchev–Trinajstić information content (AvgIpc) is 2.84. The average molecular weight is 498 g/mol. The first-order valence-electron chi connectivity index (χ1n) is 10.3. The highest BCUT2D eigenvalue weighted by atomic mass is 19.4. The zero-order valence-corrected chi connectivity index (χ0v) is 18.2. The van der Waals surface area contributed by atoms with Gasteiger partial charge in [0, 0.05) is 23.5 Å². The molecule has 0 unspecified atom stereocenters. The maximum Gasteiger partial charge on any atom is 0.417 e. The quantitative estimate of drug-likeness (QED) is 0.304.